The molecule has 0 aliphatic heterocycles. The quantitative estimate of drug-likeness (QED) is 0.681. The third kappa shape index (κ3) is 4.50. The van der Waals surface area contributed by atoms with Crippen molar-refractivity contribution in [2.45, 2.75) is 20.8 Å². The van der Waals surface area contributed by atoms with Gasteiger partial charge in [0.25, 0.3) is 0 Å². The minimum Gasteiger partial charge on any atom is -0.326 e. The molecule has 0 radical (unpaired) electrons. The number of nitrogens with one attached hydrogen (secondary N) is 1. The summed E-state index contributed by atoms with van der Waals surface area (Å²) in [6.45, 7) is 5.49. The highest BCUT2D eigenvalue weighted by Gasteiger charge is 1.90. The van der Waals surface area contributed by atoms with E-state index in [-0.39, 0.29) is 5.91 Å². The van der Waals surface area contributed by atoms with Crippen molar-refractivity contribution in [2.75, 3.05) is 5.32 Å². The van der Waals surface area contributed by atoms with Crippen LogP contribution in [-0.4, -0.2) is 5.91 Å². The molecule has 1 amide bonds. The molecule has 0 saturated heterocycles. The second-order valence-corrected chi connectivity index (χ2v) is 2.05. The molecule has 2 nitrogen and oxygen atoms in total. The maximum Gasteiger partial charge on any atom is 0.221 e. The Morgan fingerprint density at radius 1 is 1.17 bits per heavy atom. The zero-order valence-corrected chi connectivity index (χ0v) is 7.79. The molecule has 0 aliphatic rings. The maximum absolute atomic E-state index is 10.5. The van der Waals surface area contributed by atoms with Crippen LogP contribution >= 0.6 is 0 Å². The molecular weight excluding hydrogens is 150 g/mol. The van der Waals surface area contributed by atoms with Crippen LogP contribution in [0.15, 0.2) is 30.3 Å². The van der Waals surface area contributed by atoms with E-state index in [2.05, 4.69) is 5.32 Å². The lowest BCUT2D eigenvalue weighted by molar-refractivity contribution is -0.114. The Kier molecular flexibility index (Phi) is 5.70. The minimum absolute atomic E-state index is 0.0359. The molecule has 1 N–H and O–H groups in total. The van der Waals surface area contributed by atoms with Gasteiger partial charge in [-0.25, -0.2) is 0 Å². The first-order valence-electron chi connectivity index (χ1n) is 4.11. The van der Waals surface area contributed by atoms with Crippen LogP contribution in [0.3, 0.4) is 0 Å². The summed E-state index contributed by atoms with van der Waals surface area (Å²) in [5.74, 6) is -0.0359. The Morgan fingerprint density at radius 3 is 2.08 bits per heavy atom. The molecule has 0 spiro atoms. The zero-order chi connectivity index (χ0) is 9.40. The average Bonchev–Trinajstić information content (AvgIpc) is 2.08. The van der Waals surface area contributed by atoms with Crippen molar-refractivity contribution < 1.29 is 4.79 Å². The van der Waals surface area contributed by atoms with Gasteiger partial charge in [-0.1, -0.05) is 32.0 Å². The van der Waals surface area contributed by atoms with Crippen molar-refractivity contribution in [1.82, 2.24) is 0 Å². The van der Waals surface area contributed by atoms with Gasteiger partial charge in [-0.05, 0) is 12.1 Å². The fourth-order valence-corrected chi connectivity index (χ4v) is 0.725. The van der Waals surface area contributed by atoms with Crippen LogP contribution < -0.4 is 5.32 Å². The topological polar surface area (TPSA) is 29.1 Å². The molecular formula is C10H15NO. The van der Waals surface area contributed by atoms with Crippen LogP contribution in [0.25, 0.3) is 0 Å². The number of anilines is 1. The van der Waals surface area contributed by atoms with E-state index >= 15 is 0 Å². The van der Waals surface area contributed by atoms with Gasteiger partial charge >= 0.3 is 0 Å². The molecule has 0 aromatic heterocycles. The van der Waals surface area contributed by atoms with Gasteiger partial charge < -0.3 is 5.32 Å². The number of hydrogen-bond donors (Lipinski definition) is 1. The predicted octanol–water partition coefficient (Wildman–Crippen LogP) is 2.67. The standard InChI is InChI=1S/C8H9NO.C2H6/c1-7(10)9-8-5-3-2-4-6-8;1-2/h2-6H,1H3,(H,9,10);1-2H3. The lowest BCUT2D eigenvalue weighted by Crippen LogP contribution is -2.04. The first-order valence-corrected chi connectivity index (χ1v) is 4.11. The number of carbonyl (C=O) groups is 1. The third-order valence-electron chi connectivity index (χ3n) is 1.09. The summed E-state index contributed by atoms with van der Waals surface area (Å²) in [5, 5.41) is 2.67. The van der Waals surface area contributed by atoms with Crippen LogP contribution in [0, 0.1) is 0 Å². The normalized spacial score (nSPS) is 7.92. The third-order valence-corrected chi connectivity index (χ3v) is 1.09. The van der Waals surface area contributed by atoms with E-state index in [0.717, 1.165) is 5.69 Å². The highest BCUT2D eigenvalue weighted by molar-refractivity contribution is 5.88. The number of amides is 1. The zero-order valence-electron chi connectivity index (χ0n) is 7.79. The van der Waals surface area contributed by atoms with E-state index in [1.165, 1.54) is 6.92 Å². The molecule has 1 aromatic rings. The molecule has 1 rings (SSSR count). The average molecular weight is 165 g/mol. The van der Waals surface area contributed by atoms with Gasteiger partial charge in [-0.15, -0.1) is 0 Å². The SMILES string of the molecule is CC.CC(=O)Nc1ccccc1. The largest absolute Gasteiger partial charge is 0.326 e. The number of hydrogen-bond acceptors (Lipinski definition) is 1. The number of benzene rings is 1. The summed E-state index contributed by atoms with van der Waals surface area (Å²) in [6.07, 6.45) is 0. The number of carbonyl (C=O) groups excluding carboxylic acids is 1. The monoisotopic (exact) mass is 165 g/mol. The first-order chi connectivity index (χ1) is 5.79. The van der Waals surface area contributed by atoms with E-state index in [1.807, 2.05) is 44.2 Å². The van der Waals surface area contributed by atoms with Crippen molar-refractivity contribution >= 4 is 11.6 Å². The van der Waals surface area contributed by atoms with Crippen molar-refractivity contribution in [1.29, 1.82) is 0 Å². The second-order valence-electron chi connectivity index (χ2n) is 2.05. The maximum atomic E-state index is 10.5. The van der Waals surface area contributed by atoms with Crippen LogP contribution in [0.4, 0.5) is 5.69 Å². The van der Waals surface area contributed by atoms with Crippen molar-refractivity contribution in [3.05, 3.63) is 30.3 Å². The van der Waals surface area contributed by atoms with E-state index in [4.69, 9.17) is 0 Å². The van der Waals surface area contributed by atoms with E-state index in [1.54, 1.807) is 0 Å². The minimum atomic E-state index is -0.0359. The Labute approximate surface area is 73.6 Å². The second kappa shape index (κ2) is 6.40. The Balaban J connectivity index is 0.000000561. The van der Waals surface area contributed by atoms with Gasteiger partial charge in [0.1, 0.15) is 0 Å². The summed E-state index contributed by atoms with van der Waals surface area (Å²) in [7, 11) is 0. The molecule has 0 saturated carbocycles. The molecule has 66 valence electrons. The van der Waals surface area contributed by atoms with E-state index in [0.29, 0.717) is 0 Å². The summed E-state index contributed by atoms with van der Waals surface area (Å²) < 4.78 is 0. The fourth-order valence-electron chi connectivity index (χ4n) is 0.725. The molecule has 1 aromatic carbocycles. The van der Waals surface area contributed by atoms with Gasteiger partial charge in [0.05, 0.1) is 0 Å². The molecule has 0 heterocycles. The van der Waals surface area contributed by atoms with Gasteiger partial charge in [-0.3, -0.25) is 4.79 Å². The summed E-state index contributed by atoms with van der Waals surface area (Å²) in [4.78, 5) is 10.5. The van der Waals surface area contributed by atoms with Gasteiger partial charge in [0.15, 0.2) is 0 Å². The van der Waals surface area contributed by atoms with Crippen molar-refractivity contribution in [3.8, 4) is 0 Å². The van der Waals surface area contributed by atoms with E-state index < -0.39 is 0 Å². The molecule has 0 aliphatic carbocycles. The highest BCUT2D eigenvalue weighted by atomic mass is 16.1. The fraction of sp³-hybridized carbons (Fsp3) is 0.300. The van der Waals surface area contributed by atoms with Gasteiger partial charge in [0.2, 0.25) is 5.91 Å². The molecule has 0 unspecified atom stereocenters. The van der Waals surface area contributed by atoms with Crippen LogP contribution in [0.5, 0.6) is 0 Å². The number of rotatable bonds is 1. The number of para-hydroxylation sites is 1. The highest BCUT2D eigenvalue weighted by Crippen LogP contribution is 2.03. The molecule has 0 bridgehead atoms. The molecule has 0 atom stereocenters. The van der Waals surface area contributed by atoms with E-state index in [9.17, 15) is 4.79 Å². The van der Waals surface area contributed by atoms with Crippen molar-refractivity contribution in [3.63, 3.8) is 0 Å². The summed E-state index contributed by atoms with van der Waals surface area (Å²) >= 11 is 0. The Morgan fingerprint density at radius 2 is 1.67 bits per heavy atom. The smallest absolute Gasteiger partial charge is 0.221 e. The Hall–Kier alpha value is -1.31. The molecule has 12 heavy (non-hydrogen) atoms. The van der Waals surface area contributed by atoms with Gasteiger partial charge in [-0.2, -0.15) is 0 Å². The predicted molar refractivity (Wildman–Crippen MR) is 52.1 cm³/mol. The summed E-state index contributed by atoms with van der Waals surface area (Å²) in [6, 6.07) is 9.37. The van der Waals surface area contributed by atoms with Gasteiger partial charge in [0, 0.05) is 12.6 Å². The Bertz CT molecular complexity index is 219. The van der Waals surface area contributed by atoms with Crippen molar-refractivity contribution in [2.24, 2.45) is 0 Å². The molecule has 2 heteroatoms. The summed E-state index contributed by atoms with van der Waals surface area (Å²) in [5.41, 5.74) is 0.843. The molecule has 0 fully saturated rings. The lowest BCUT2D eigenvalue weighted by atomic mass is 10.3. The van der Waals surface area contributed by atoms with Crippen LogP contribution in [-0.2, 0) is 4.79 Å². The lowest BCUT2D eigenvalue weighted by Gasteiger charge is -1.98. The first kappa shape index (κ1) is 10.7. The van der Waals surface area contributed by atoms with Crippen LogP contribution in [0.2, 0.25) is 0 Å². The van der Waals surface area contributed by atoms with Crippen LogP contribution in [0.1, 0.15) is 20.8 Å².